The van der Waals surface area contributed by atoms with E-state index in [9.17, 15) is 13.2 Å². The van der Waals surface area contributed by atoms with Crippen LogP contribution in [0.25, 0.3) is 11.8 Å². The van der Waals surface area contributed by atoms with Gasteiger partial charge in [0, 0.05) is 18.3 Å². The fourth-order valence-electron chi connectivity index (χ4n) is 3.09. The van der Waals surface area contributed by atoms with Crippen molar-refractivity contribution in [2.45, 2.75) is 32.5 Å². The number of rotatable bonds is 10. The molecule has 186 valence electrons. The van der Waals surface area contributed by atoms with Crippen LogP contribution in [0.3, 0.4) is 0 Å². The highest BCUT2D eigenvalue weighted by atomic mass is 32.1. The van der Waals surface area contributed by atoms with Crippen LogP contribution in [-0.2, 0) is 4.74 Å². The number of alkyl halides is 3. The van der Waals surface area contributed by atoms with E-state index in [2.05, 4.69) is 45.4 Å². The highest BCUT2D eigenvalue weighted by Crippen LogP contribution is 2.24. The van der Waals surface area contributed by atoms with E-state index < -0.39 is 6.36 Å². The number of anilines is 1. The number of benzene rings is 2. The van der Waals surface area contributed by atoms with E-state index in [1.807, 2.05) is 18.2 Å². The Balaban J connectivity index is 1.36. The predicted molar refractivity (Wildman–Crippen MR) is 132 cm³/mol. The maximum absolute atomic E-state index is 12.3. The van der Waals surface area contributed by atoms with E-state index in [1.165, 1.54) is 47.1 Å². The van der Waals surface area contributed by atoms with Gasteiger partial charge >= 0.3 is 6.36 Å². The summed E-state index contributed by atoms with van der Waals surface area (Å²) >= 11 is 5.37. The summed E-state index contributed by atoms with van der Waals surface area (Å²) < 4.78 is 47.5. The zero-order valence-corrected chi connectivity index (χ0v) is 20.1. The first-order valence-corrected chi connectivity index (χ1v) is 11.3. The fourth-order valence-corrected chi connectivity index (χ4v) is 3.30. The summed E-state index contributed by atoms with van der Waals surface area (Å²) in [6.45, 7) is 5.38. The first-order chi connectivity index (χ1) is 16.7. The summed E-state index contributed by atoms with van der Waals surface area (Å²) in [6.07, 6.45) is 0.543. The van der Waals surface area contributed by atoms with Crippen molar-refractivity contribution in [1.82, 2.24) is 20.1 Å². The first kappa shape index (κ1) is 26.0. The molecular formula is C24H26F3N5O2S. The minimum Gasteiger partial charge on any atom is -0.501 e. The third-order valence-electron chi connectivity index (χ3n) is 4.71. The quantitative estimate of drug-likeness (QED) is 0.209. The highest BCUT2D eigenvalue weighted by Gasteiger charge is 2.31. The Labute approximate surface area is 207 Å². The van der Waals surface area contributed by atoms with Crippen LogP contribution in [0.1, 0.15) is 37.6 Å². The van der Waals surface area contributed by atoms with Crippen molar-refractivity contribution in [1.29, 1.82) is 0 Å². The Morgan fingerprint density at radius 1 is 1.14 bits per heavy atom. The second-order valence-corrected chi connectivity index (χ2v) is 8.15. The summed E-state index contributed by atoms with van der Waals surface area (Å²) in [6, 6.07) is 13.4. The van der Waals surface area contributed by atoms with Crippen molar-refractivity contribution >= 4 is 29.1 Å². The number of hydrogen-bond acceptors (Lipinski definition) is 5. The summed E-state index contributed by atoms with van der Waals surface area (Å²) in [7, 11) is 0. The van der Waals surface area contributed by atoms with Gasteiger partial charge in [-0.25, -0.2) is 9.67 Å². The number of nitrogens with zero attached hydrogens (tertiary/aromatic N) is 3. The lowest BCUT2D eigenvalue weighted by molar-refractivity contribution is -0.274. The maximum atomic E-state index is 12.3. The van der Waals surface area contributed by atoms with Gasteiger partial charge in [-0.2, -0.15) is 0 Å². The number of nitrogens with one attached hydrogen (secondary N) is 2. The number of thiocarbonyl (C=S) groups is 1. The van der Waals surface area contributed by atoms with Gasteiger partial charge in [0.2, 0.25) is 0 Å². The highest BCUT2D eigenvalue weighted by molar-refractivity contribution is 7.80. The van der Waals surface area contributed by atoms with Crippen LogP contribution >= 0.6 is 12.2 Å². The Kier molecular flexibility index (Phi) is 9.07. The van der Waals surface area contributed by atoms with E-state index in [0.29, 0.717) is 35.7 Å². The third kappa shape index (κ3) is 8.60. The second kappa shape index (κ2) is 12.2. The van der Waals surface area contributed by atoms with E-state index in [-0.39, 0.29) is 5.75 Å². The Hall–Kier alpha value is -3.60. The molecule has 1 aromatic heterocycles. The molecule has 0 saturated carbocycles. The molecule has 2 aromatic carbocycles. The van der Waals surface area contributed by atoms with Crippen LogP contribution in [0.2, 0.25) is 0 Å². The van der Waals surface area contributed by atoms with Crippen LogP contribution in [0.15, 0.2) is 61.1 Å². The Morgan fingerprint density at radius 2 is 1.89 bits per heavy atom. The van der Waals surface area contributed by atoms with E-state index in [1.54, 1.807) is 6.08 Å². The largest absolute Gasteiger partial charge is 0.573 e. The van der Waals surface area contributed by atoms with Crippen molar-refractivity contribution in [3.05, 3.63) is 72.5 Å². The molecule has 0 aliphatic heterocycles. The molecule has 35 heavy (non-hydrogen) atoms. The summed E-state index contributed by atoms with van der Waals surface area (Å²) in [5, 5.41) is 11.2. The molecular weight excluding hydrogens is 479 g/mol. The van der Waals surface area contributed by atoms with E-state index in [4.69, 9.17) is 17.0 Å². The smallest absolute Gasteiger partial charge is 0.501 e. The SMILES string of the molecule is CC(C)c1ccccc1NC(=S)NCCCO/C=C/c1ncn(-c2ccc(OC(F)(F)F)cc2)n1. The van der Waals surface area contributed by atoms with Crippen molar-refractivity contribution in [2.75, 3.05) is 18.5 Å². The van der Waals surface area contributed by atoms with Gasteiger partial charge in [-0.15, -0.1) is 18.3 Å². The Bertz CT molecular complexity index is 1130. The van der Waals surface area contributed by atoms with Gasteiger partial charge in [0.25, 0.3) is 0 Å². The minimum absolute atomic E-state index is 0.304. The van der Waals surface area contributed by atoms with Crippen LogP contribution < -0.4 is 15.4 Å². The Morgan fingerprint density at radius 3 is 2.60 bits per heavy atom. The molecule has 1 heterocycles. The molecule has 0 saturated heterocycles. The van der Waals surface area contributed by atoms with E-state index >= 15 is 0 Å². The van der Waals surface area contributed by atoms with Crippen LogP contribution in [-0.4, -0.2) is 39.4 Å². The van der Waals surface area contributed by atoms with Gasteiger partial charge in [0.15, 0.2) is 10.9 Å². The maximum Gasteiger partial charge on any atom is 0.573 e. The van der Waals surface area contributed by atoms with Gasteiger partial charge in [-0.1, -0.05) is 32.0 Å². The first-order valence-electron chi connectivity index (χ1n) is 10.9. The van der Waals surface area contributed by atoms with E-state index in [0.717, 1.165) is 12.1 Å². The van der Waals surface area contributed by atoms with Gasteiger partial charge < -0.3 is 20.1 Å². The molecule has 11 heteroatoms. The molecule has 0 aliphatic rings. The van der Waals surface area contributed by atoms with Crippen molar-refractivity contribution in [3.8, 4) is 11.4 Å². The summed E-state index contributed by atoms with van der Waals surface area (Å²) in [5.41, 5.74) is 2.74. The van der Waals surface area contributed by atoms with Crippen LogP contribution in [0.4, 0.5) is 18.9 Å². The van der Waals surface area contributed by atoms with Gasteiger partial charge in [-0.05, 0) is 60.5 Å². The number of para-hydroxylation sites is 1. The molecule has 0 amide bonds. The van der Waals surface area contributed by atoms with Gasteiger partial charge in [0.05, 0.1) is 18.6 Å². The van der Waals surface area contributed by atoms with Crippen molar-refractivity contribution < 1.29 is 22.6 Å². The normalized spacial score (nSPS) is 11.6. The molecule has 0 unspecified atom stereocenters. The number of halogens is 3. The second-order valence-electron chi connectivity index (χ2n) is 7.74. The predicted octanol–water partition coefficient (Wildman–Crippen LogP) is 5.65. The van der Waals surface area contributed by atoms with Crippen molar-refractivity contribution in [3.63, 3.8) is 0 Å². The number of hydrogen-bond donors (Lipinski definition) is 2. The zero-order chi connectivity index (χ0) is 25.3. The average molecular weight is 506 g/mol. The lowest BCUT2D eigenvalue weighted by atomic mass is 10.0. The van der Waals surface area contributed by atoms with Crippen LogP contribution in [0, 0.1) is 0 Å². The molecule has 0 bridgehead atoms. The summed E-state index contributed by atoms with van der Waals surface area (Å²) in [4.78, 5) is 4.13. The summed E-state index contributed by atoms with van der Waals surface area (Å²) in [5.74, 6) is 0.482. The van der Waals surface area contributed by atoms with Crippen molar-refractivity contribution in [2.24, 2.45) is 0 Å². The molecule has 0 atom stereocenters. The molecule has 3 rings (SSSR count). The minimum atomic E-state index is -4.73. The molecule has 0 spiro atoms. The fraction of sp³-hybridized carbons (Fsp3) is 0.292. The number of aromatic nitrogens is 3. The average Bonchev–Trinajstić information content (AvgIpc) is 3.27. The molecule has 0 radical (unpaired) electrons. The zero-order valence-electron chi connectivity index (χ0n) is 19.2. The lowest BCUT2D eigenvalue weighted by Crippen LogP contribution is -2.30. The molecule has 3 aromatic rings. The molecule has 0 fully saturated rings. The molecule has 2 N–H and O–H groups in total. The molecule has 7 nitrogen and oxygen atoms in total. The van der Waals surface area contributed by atoms with Gasteiger partial charge in [0.1, 0.15) is 12.1 Å². The van der Waals surface area contributed by atoms with Gasteiger partial charge in [-0.3, -0.25) is 0 Å². The third-order valence-corrected chi connectivity index (χ3v) is 4.96. The monoisotopic (exact) mass is 505 g/mol. The molecule has 0 aliphatic carbocycles. The topological polar surface area (TPSA) is 73.2 Å². The van der Waals surface area contributed by atoms with Crippen LogP contribution in [0.5, 0.6) is 5.75 Å². The number of ether oxygens (including phenoxy) is 2. The lowest BCUT2D eigenvalue weighted by Gasteiger charge is -2.16. The standard InChI is InChI=1S/C24H26F3N5O2S/c1-17(2)20-6-3-4-7-21(20)30-23(35)28-13-5-14-33-15-12-22-29-16-32(31-22)18-8-10-19(11-9-18)34-24(25,26)27/h3-4,6-12,15-17H,5,13-14H2,1-2H3,(H2,28,30,35)/b15-12+.